The van der Waals surface area contributed by atoms with Gasteiger partial charge in [-0.1, -0.05) is 6.07 Å². The Morgan fingerprint density at radius 1 is 0.933 bits per heavy atom. The van der Waals surface area contributed by atoms with Crippen LogP contribution in [0.5, 0.6) is 11.8 Å². The Morgan fingerprint density at radius 3 is 1.97 bits per heavy atom. The van der Waals surface area contributed by atoms with Crippen molar-refractivity contribution in [2.45, 2.75) is 44.7 Å². The molecule has 13 heteroatoms. The number of rotatable bonds is 5. The first-order valence-corrected chi connectivity index (χ1v) is 13.0. The van der Waals surface area contributed by atoms with E-state index in [4.69, 9.17) is 4.74 Å². The summed E-state index contributed by atoms with van der Waals surface area (Å²) in [6.07, 6.45) is 1.15. The van der Waals surface area contributed by atoms with Gasteiger partial charge in [-0.2, -0.15) is 9.97 Å². The number of ether oxygens (including phenoxy) is 1. The predicted molar refractivity (Wildman–Crippen MR) is 124 cm³/mol. The second kappa shape index (κ2) is 10.3. The Balaban J connectivity index is 0.000000269. The number of nitrogens with zero attached hydrogens (tertiary/aromatic N) is 6. The SMILES string of the molecule is CC(C)n1nc(Br)nc1Br.CC(C)n1nc(Br)nc1Oc1cccc(S(C)(=O)=O)c1. The molecule has 3 rings (SSSR count). The molecule has 0 amide bonds. The lowest BCUT2D eigenvalue weighted by Crippen LogP contribution is -2.05. The van der Waals surface area contributed by atoms with Gasteiger partial charge in [0.1, 0.15) is 5.75 Å². The van der Waals surface area contributed by atoms with Crippen molar-refractivity contribution in [2.24, 2.45) is 0 Å². The molecule has 0 saturated carbocycles. The van der Waals surface area contributed by atoms with Gasteiger partial charge in [-0.15, -0.1) is 10.2 Å². The van der Waals surface area contributed by atoms with Crippen LogP contribution in [0.1, 0.15) is 39.8 Å². The van der Waals surface area contributed by atoms with Crippen LogP contribution < -0.4 is 4.74 Å². The van der Waals surface area contributed by atoms with Gasteiger partial charge in [-0.05, 0) is 93.7 Å². The van der Waals surface area contributed by atoms with Crippen LogP contribution in [0.3, 0.4) is 0 Å². The van der Waals surface area contributed by atoms with E-state index in [1.54, 1.807) is 21.5 Å². The summed E-state index contributed by atoms with van der Waals surface area (Å²) < 4.78 is 33.9. The molecule has 2 aromatic heterocycles. The van der Waals surface area contributed by atoms with Crippen LogP contribution in [0.4, 0.5) is 0 Å². The Labute approximate surface area is 200 Å². The van der Waals surface area contributed by atoms with Crippen molar-refractivity contribution in [3.63, 3.8) is 0 Å². The maximum absolute atomic E-state index is 11.5. The Bertz CT molecular complexity index is 1110. The summed E-state index contributed by atoms with van der Waals surface area (Å²) in [5.74, 6) is 0.398. The molecule has 30 heavy (non-hydrogen) atoms. The lowest BCUT2D eigenvalue weighted by molar-refractivity contribution is 0.375. The normalized spacial score (nSPS) is 11.5. The molecule has 3 aromatic rings. The van der Waals surface area contributed by atoms with E-state index in [1.165, 1.54) is 12.1 Å². The van der Waals surface area contributed by atoms with Crippen LogP contribution in [0, 0.1) is 0 Å². The molecule has 0 spiro atoms. The van der Waals surface area contributed by atoms with Gasteiger partial charge in [0.25, 0.3) is 0 Å². The molecular formula is C17H21Br3N6O3S. The van der Waals surface area contributed by atoms with Gasteiger partial charge in [-0.3, -0.25) is 0 Å². The molecule has 1 aromatic carbocycles. The summed E-state index contributed by atoms with van der Waals surface area (Å²) in [5, 5.41) is 8.24. The van der Waals surface area contributed by atoms with Crippen LogP contribution >= 0.6 is 47.8 Å². The van der Waals surface area contributed by atoms with Crippen LogP contribution in [0.25, 0.3) is 0 Å². The van der Waals surface area contributed by atoms with E-state index in [9.17, 15) is 8.42 Å². The first kappa shape index (κ1) is 25.0. The number of hydrogen-bond donors (Lipinski definition) is 0. The molecule has 0 atom stereocenters. The minimum Gasteiger partial charge on any atom is -0.424 e. The number of halogens is 3. The van der Waals surface area contributed by atoms with Crippen molar-refractivity contribution < 1.29 is 13.2 Å². The fraction of sp³-hybridized carbons (Fsp3) is 0.412. The van der Waals surface area contributed by atoms with Crippen molar-refractivity contribution in [3.8, 4) is 11.8 Å². The molecule has 0 unspecified atom stereocenters. The molecule has 0 radical (unpaired) electrons. The second-order valence-corrected chi connectivity index (χ2v) is 10.9. The largest absolute Gasteiger partial charge is 0.424 e. The molecule has 0 N–H and O–H groups in total. The van der Waals surface area contributed by atoms with Crippen molar-refractivity contribution in [1.82, 2.24) is 29.5 Å². The summed E-state index contributed by atoms with van der Waals surface area (Å²) in [6.45, 7) is 7.99. The Hall–Kier alpha value is -1.31. The highest BCUT2D eigenvalue weighted by Gasteiger charge is 2.15. The molecule has 9 nitrogen and oxygen atoms in total. The third kappa shape index (κ3) is 6.86. The fourth-order valence-corrected chi connectivity index (χ4v) is 4.38. The zero-order chi connectivity index (χ0) is 22.6. The van der Waals surface area contributed by atoms with Gasteiger partial charge < -0.3 is 4.74 Å². The third-order valence-electron chi connectivity index (χ3n) is 3.56. The van der Waals surface area contributed by atoms with Crippen LogP contribution in [-0.4, -0.2) is 44.2 Å². The van der Waals surface area contributed by atoms with Gasteiger partial charge in [0.15, 0.2) is 14.6 Å². The second-order valence-electron chi connectivity index (χ2n) is 6.74. The number of aromatic nitrogens is 6. The average molecular weight is 629 g/mol. The maximum atomic E-state index is 11.5. The highest BCUT2D eigenvalue weighted by molar-refractivity contribution is 9.11. The van der Waals surface area contributed by atoms with E-state index in [2.05, 4.69) is 68.0 Å². The molecular weight excluding hydrogens is 608 g/mol. The summed E-state index contributed by atoms with van der Waals surface area (Å²) in [6, 6.07) is 6.99. The van der Waals surface area contributed by atoms with E-state index >= 15 is 0 Å². The first-order valence-electron chi connectivity index (χ1n) is 8.76. The van der Waals surface area contributed by atoms with Gasteiger partial charge in [0.05, 0.1) is 10.9 Å². The van der Waals surface area contributed by atoms with E-state index in [-0.39, 0.29) is 10.9 Å². The molecule has 0 aliphatic carbocycles. The van der Waals surface area contributed by atoms with E-state index in [1.807, 2.05) is 27.7 Å². The molecule has 0 fully saturated rings. The quantitative estimate of drug-likeness (QED) is 0.382. The lowest BCUT2D eigenvalue weighted by Gasteiger charge is -2.10. The molecule has 0 aliphatic heterocycles. The van der Waals surface area contributed by atoms with Crippen molar-refractivity contribution in [3.05, 3.63) is 38.5 Å². The Morgan fingerprint density at radius 2 is 1.50 bits per heavy atom. The van der Waals surface area contributed by atoms with Crippen LogP contribution in [0.2, 0.25) is 0 Å². The zero-order valence-corrected chi connectivity index (χ0v) is 22.5. The van der Waals surface area contributed by atoms with Gasteiger partial charge in [0.2, 0.25) is 9.47 Å². The highest BCUT2D eigenvalue weighted by Crippen LogP contribution is 2.25. The van der Waals surface area contributed by atoms with Crippen molar-refractivity contribution in [1.29, 1.82) is 0 Å². The van der Waals surface area contributed by atoms with Gasteiger partial charge in [0, 0.05) is 12.3 Å². The van der Waals surface area contributed by atoms with E-state index in [0.29, 0.717) is 27.3 Å². The lowest BCUT2D eigenvalue weighted by atomic mass is 10.3. The topological polar surface area (TPSA) is 105 Å². The van der Waals surface area contributed by atoms with Crippen LogP contribution in [0.15, 0.2) is 43.4 Å². The minimum atomic E-state index is -3.27. The number of hydrogen-bond acceptors (Lipinski definition) is 7. The monoisotopic (exact) mass is 626 g/mol. The van der Waals surface area contributed by atoms with Gasteiger partial charge >= 0.3 is 6.01 Å². The average Bonchev–Trinajstić information content (AvgIpc) is 3.16. The van der Waals surface area contributed by atoms with Crippen molar-refractivity contribution in [2.75, 3.05) is 6.26 Å². The highest BCUT2D eigenvalue weighted by atomic mass is 79.9. The standard InChI is InChI=1S/C12H14BrN3O3S.C5H7Br2N3/c1-8(2)16-12(14-11(13)15-16)19-9-5-4-6-10(7-9)20(3,17)18;1-3(2)10-5(7)8-4(6)9-10/h4-8H,1-3H3;3H,1-2H3. The molecule has 2 heterocycles. The first-order chi connectivity index (χ1) is 13.9. The summed E-state index contributed by atoms with van der Waals surface area (Å²) in [5.41, 5.74) is 0. The predicted octanol–water partition coefficient (Wildman–Crippen LogP) is 5.20. The van der Waals surface area contributed by atoms with Gasteiger partial charge in [-0.25, -0.2) is 17.8 Å². The summed E-state index contributed by atoms with van der Waals surface area (Å²) >= 11 is 9.65. The molecule has 0 saturated heterocycles. The zero-order valence-electron chi connectivity index (χ0n) is 16.9. The minimum absolute atomic E-state index is 0.0712. The maximum Gasteiger partial charge on any atom is 0.321 e. The van der Waals surface area contributed by atoms with E-state index < -0.39 is 9.84 Å². The van der Waals surface area contributed by atoms with Crippen molar-refractivity contribution >= 4 is 57.6 Å². The smallest absolute Gasteiger partial charge is 0.321 e. The van der Waals surface area contributed by atoms with Crippen LogP contribution in [-0.2, 0) is 9.84 Å². The Kier molecular flexibility index (Phi) is 8.60. The summed E-state index contributed by atoms with van der Waals surface area (Å²) in [4.78, 5) is 8.33. The van der Waals surface area contributed by atoms with E-state index in [0.717, 1.165) is 11.0 Å². The number of benzene rings is 1. The number of sulfone groups is 1. The molecule has 0 bridgehead atoms. The third-order valence-corrected chi connectivity index (χ3v) is 5.88. The summed E-state index contributed by atoms with van der Waals surface area (Å²) in [7, 11) is -3.27. The fourth-order valence-electron chi connectivity index (χ4n) is 2.17. The molecule has 164 valence electrons. The molecule has 0 aliphatic rings.